The fraction of sp³-hybridized carbons (Fsp3) is 0.435. The molecule has 1 amide bonds. The number of carbonyl (C=O) groups is 1. The van der Waals surface area contributed by atoms with E-state index in [2.05, 4.69) is 34.5 Å². The zero-order chi connectivity index (χ0) is 19.1. The molecule has 5 heteroatoms. The molecule has 2 aliphatic heterocycles. The molecule has 2 aromatic carbocycles. The molecule has 146 valence electrons. The van der Waals surface area contributed by atoms with Crippen molar-refractivity contribution in [2.75, 3.05) is 31.6 Å². The lowest BCUT2D eigenvalue weighted by Crippen LogP contribution is -2.47. The van der Waals surface area contributed by atoms with Crippen molar-refractivity contribution in [2.45, 2.75) is 37.0 Å². The van der Waals surface area contributed by atoms with Crippen LogP contribution in [0.2, 0.25) is 5.02 Å². The molecular weight excluding hydrogens is 372 g/mol. The minimum atomic E-state index is -0.420. The van der Waals surface area contributed by atoms with Gasteiger partial charge in [-0.25, -0.2) is 0 Å². The maximum absolute atomic E-state index is 12.7. The summed E-state index contributed by atoms with van der Waals surface area (Å²) >= 11 is 6.19. The van der Waals surface area contributed by atoms with Crippen molar-refractivity contribution in [3.63, 3.8) is 0 Å². The molecule has 0 aromatic heterocycles. The second-order valence-electron chi connectivity index (χ2n) is 8.26. The summed E-state index contributed by atoms with van der Waals surface area (Å²) in [5.41, 5.74) is 3.00. The molecule has 0 bridgehead atoms. The van der Waals surface area contributed by atoms with Gasteiger partial charge in [0.05, 0.1) is 5.41 Å². The summed E-state index contributed by atoms with van der Waals surface area (Å²) in [6, 6.07) is 14.3. The second-order valence-corrected chi connectivity index (χ2v) is 8.70. The normalized spacial score (nSPS) is 20.8. The molecular formula is C23H25ClN2O2. The largest absolute Gasteiger partial charge is 0.492 e. The van der Waals surface area contributed by atoms with E-state index in [4.69, 9.17) is 16.3 Å². The van der Waals surface area contributed by atoms with Gasteiger partial charge in [0.25, 0.3) is 0 Å². The van der Waals surface area contributed by atoms with Crippen molar-refractivity contribution < 1.29 is 9.53 Å². The van der Waals surface area contributed by atoms with Crippen LogP contribution in [0.4, 0.5) is 5.69 Å². The third-order valence-electron chi connectivity index (χ3n) is 6.49. The van der Waals surface area contributed by atoms with E-state index in [1.807, 2.05) is 18.2 Å². The van der Waals surface area contributed by atoms with E-state index in [9.17, 15) is 4.79 Å². The van der Waals surface area contributed by atoms with Gasteiger partial charge in [0.2, 0.25) is 5.91 Å². The number of carbonyl (C=O) groups excluding carboxylic acids is 1. The maximum atomic E-state index is 12.7. The van der Waals surface area contributed by atoms with E-state index in [1.54, 1.807) is 0 Å². The highest BCUT2D eigenvalue weighted by atomic mass is 35.5. The summed E-state index contributed by atoms with van der Waals surface area (Å²) in [7, 11) is 0. The first kappa shape index (κ1) is 18.0. The van der Waals surface area contributed by atoms with Crippen LogP contribution in [0.25, 0.3) is 0 Å². The summed E-state index contributed by atoms with van der Waals surface area (Å²) in [5.74, 6) is 1.84. The number of fused-ring (bicyclic) bond motifs is 2. The van der Waals surface area contributed by atoms with Crippen molar-refractivity contribution in [2.24, 2.45) is 0 Å². The molecule has 28 heavy (non-hydrogen) atoms. The molecule has 4 nitrogen and oxygen atoms in total. The minimum absolute atomic E-state index is 0.122. The number of hydrogen-bond donors (Lipinski definition) is 1. The molecule has 0 radical (unpaired) electrons. The van der Waals surface area contributed by atoms with Crippen LogP contribution < -0.4 is 10.1 Å². The second kappa shape index (κ2) is 7.09. The zero-order valence-electron chi connectivity index (χ0n) is 15.9. The Morgan fingerprint density at radius 3 is 2.57 bits per heavy atom. The van der Waals surface area contributed by atoms with Gasteiger partial charge in [0.15, 0.2) is 0 Å². The van der Waals surface area contributed by atoms with Crippen LogP contribution in [-0.2, 0) is 10.2 Å². The quantitative estimate of drug-likeness (QED) is 0.804. The molecule has 1 aliphatic carbocycles. The lowest BCUT2D eigenvalue weighted by molar-refractivity contribution is -0.122. The predicted octanol–water partition coefficient (Wildman–Crippen LogP) is 4.58. The first-order valence-electron chi connectivity index (χ1n) is 10.2. The van der Waals surface area contributed by atoms with E-state index in [1.165, 1.54) is 18.4 Å². The Kier molecular flexibility index (Phi) is 4.56. The molecule has 2 heterocycles. The average molecular weight is 397 g/mol. The van der Waals surface area contributed by atoms with Gasteiger partial charge in [-0.15, -0.1) is 0 Å². The number of nitrogens with zero attached hydrogens (tertiary/aromatic N) is 1. The molecule has 1 saturated heterocycles. The number of halogens is 1. The topological polar surface area (TPSA) is 41.6 Å². The smallest absolute Gasteiger partial charge is 0.235 e. The maximum Gasteiger partial charge on any atom is 0.235 e. The summed E-state index contributed by atoms with van der Waals surface area (Å²) in [6.45, 7) is 3.33. The van der Waals surface area contributed by atoms with Crippen molar-refractivity contribution in [1.82, 2.24) is 4.90 Å². The predicted molar refractivity (Wildman–Crippen MR) is 111 cm³/mol. The van der Waals surface area contributed by atoms with Gasteiger partial charge in [-0.3, -0.25) is 9.69 Å². The summed E-state index contributed by atoms with van der Waals surface area (Å²) in [5, 5.41) is 3.73. The standard InChI is InChI=1S/C23H25ClN2O2/c24-18-5-8-21-20(15-18)23(22(27)25-21)9-11-26(12-10-23)13-14-28-19-6-3-17(4-7-19)16-1-2-16/h3-8,15-16H,1-2,9-14H2,(H,25,27). The fourth-order valence-electron chi connectivity index (χ4n) is 4.59. The number of anilines is 1. The van der Waals surface area contributed by atoms with Crippen LogP contribution in [-0.4, -0.2) is 37.0 Å². The number of ether oxygens (including phenoxy) is 1. The third-order valence-corrected chi connectivity index (χ3v) is 6.73. The Balaban J connectivity index is 1.15. The van der Waals surface area contributed by atoms with Crippen LogP contribution in [0.1, 0.15) is 42.7 Å². The first-order chi connectivity index (χ1) is 13.6. The van der Waals surface area contributed by atoms with E-state index in [-0.39, 0.29) is 5.91 Å². The molecule has 1 saturated carbocycles. The monoisotopic (exact) mass is 396 g/mol. The number of nitrogens with one attached hydrogen (secondary N) is 1. The van der Waals surface area contributed by atoms with Crippen LogP contribution in [0.15, 0.2) is 42.5 Å². The number of likely N-dealkylation sites (tertiary alicyclic amines) is 1. The Bertz CT molecular complexity index is 884. The van der Waals surface area contributed by atoms with Crippen molar-refractivity contribution in [1.29, 1.82) is 0 Å². The zero-order valence-corrected chi connectivity index (χ0v) is 16.7. The Hall–Kier alpha value is -2.04. The van der Waals surface area contributed by atoms with E-state index < -0.39 is 5.41 Å². The number of benzene rings is 2. The van der Waals surface area contributed by atoms with Gasteiger partial charge in [-0.05, 0) is 86.1 Å². The molecule has 1 spiro atoms. The fourth-order valence-corrected chi connectivity index (χ4v) is 4.76. The molecule has 3 aliphatic rings. The highest BCUT2D eigenvalue weighted by Crippen LogP contribution is 2.45. The van der Waals surface area contributed by atoms with Crippen LogP contribution >= 0.6 is 11.6 Å². The molecule has 2 aromatic rings. The van der Waals surface area contributed by atoms with Gasteiger partial charge in [0, 0.05) is 17.3 Å². The van der Waals surface area contributed by atoms with Crippen molar-refractivity contribution in [3.8, 4) is 5.75 Å². The van der Waals surface area contributed by atoms with E-state index in [0.29, 0.717) is 11.6 Å². The Morgan fingerprint density at radius 2 is 1.86 bits per heavy atom. The number of hydrogen-bond acceptors (Lipinski definition) is 3. The molecule has 1 N–H and O–H groups in total. The Labute approximate surface area is 170 Å². The SMILES string of the molecule is O=C1Nc2ccc(Cl)cc2C12CCN(CCOc1ccc(C3CC3)cc1)CC2. The average Bonchev–Trinajstić information content (AvgIpc) is 3.52. The summed E-state index contributed by atoms with van der Waals surface area (Å²) in [4.78, 5) is 15.1. The first-order valence-corrected chi connectivity index (χ1v) is 10.6. The van der Waals surface area contributed by atoms with Crippen LogP contribution in [0, 0.1) is 0 Å². The number of rotatable bonds is 5. The van der Waals surface area contributed by atoms with E-state index >= 15 is 0 Å². The lowest BCUT2D eigenvalue weighted by Gasteiger charge is -2.37. The molecule has 2 fully saturated rings. The number of amides is 1. The van der Waals surface area contributed by atoms with Gasteiger partial charge in [-0.1, -0.05) is 23.7 Å². The van der Waals surface area contributed by atoms with Gasteiger partial charge >= 0.3 is 0 Å². The van der Waals surface area contributed by atoms with Crippen LogP contribution in [0.3, 0.4) is 0 Å². The minimum Gasteiger partial charge on any atom is -0.492 e. The van der Waals surface area contributed by atoms with Crippen molar-refractivity contribution in [3.05, 3.63) is 58.6 Å². The Morgan fingerprint density at radius 1 is 1.11 bits per heavy atom. The highest BCUT2D eigenvalue weighted by Gasteiger charge is 2.48. The van der Waals surface area contributed by atoms with Gasteiger partial charge in [0.1, 0.15) is 12.4 Å². The summed E-state index contributed by atoms with van der Waals surface area (Å²) < 4.78 is 5.94. The highest BCUT2D eigenvalue weighted by molar-refractivity contribution is 6.31. The summed E-state index contributed by atoms with van der Waals surface area (Å²) in [6.07, 6.45) is 4.29. The lowest BCUT2D eigenvalue weighted by atomic mass is 9.73. The van der Waals surface area contributed by atoms with E-state index in [0.717, 1.165) is 55.4 Å². The van der Waals surface area contributed by atoms with Crippen molar-refractivity contribution >= 4 is 23.2 Å². The third kappa shape index (κ3) is 3.29. The molecule has 0 unspecified atom stereocenters. The van der Waals surface area contributed by atoms with Gasteiger partial charge < -0.3 is 10.1 Å². The van der Waals surface area contributed by atoms with Crippen LogP contribution in [0.5, 0.6) is 5.75 Å². The number of piperidine rings is 1. The molecule has 0 atom stereocenters. The molecule has 5 rings (SSSR count). The van der Waals surface area contributed by atoms with Gasteiger partial charge in [-0.2, -0.15) is 0 Å².